The predicted molar refractivity (Wildman–Crippen MR) is 77.4 cm³/mol. The van der Waals surface area contributed by atoms with Crippen LogP contribution in [0.15, 0.2) is 17.2 Å². The van der Waals surface area contributed by atoms with Gasteiger partial charge in [0.1, 0.15) is 10.6 Å². The second-order valence-corrected chi connectivity index (χ2v) is 6.71. The molecule has 21 heavy (non-hydrogen) atoms. The van der Waals surface area contributed by atoms with E-state index < -0.39 is 10.0 Å². The molecule has 1 aromatic heterocycles. The summed E-state index contributed by atoms with van der Waals surface area (Å²) < 4.78 is 29.6. The third-order valence-corrected chi connectivity index (χ3v) is 4.48. The minimum absolute atomic E-state index is 0.0426. The van der Waals surface area contributed by atoms with Crippen LogP contribution < -0.4 is 5.14 Å². The molecule has 0 aliphatic carbocycles. The molecule has 1 saturated heterocycles. The number of rotatable bonds is 5. The Morgan fingerprint density at radius 1 is 1.33 bits per heavy atom. The lowest BCUT2D eigenvalue weighted by Crippen LogP contribution is -2.36. The summed E-state index contributed by atoms with van der Waals surface area (Å²) in [7, 11) is -2.27. The van der Waals surface area contributed by atoms with Gasteiger partial charge in [-0.2, -0.15) is 0 Å². The molecule has 0 radical (unpaired) electrons. The third kappa shape index (κ3) is 3.84. The molecule has 7 nitrogen and oxygen atoms in total. The van der Waals surface area contributed by atoms with Gasteiger partial charge in [-0.05, 0) is 25.3 Å². The summed E-state index contributed by atoms with van der Waals surface area (Å²) >= 11 is 0. The number of nitrogens with zero attached hydrogens (tertiary/aromatic N) is 2. The Morgan fingerprint density at radius 2 is 2.00 bits per heavy atom. The second-order valence-electron chi connectivity index (χ2n) is 5.15. The molecule has 2 heterocycles. The van der Waals surface area contributed by atoms with E-state index in [-0.39, 0.29) is 10.8 Å². The van der Waals surface area contributed by atoms with E-state index in [0.717, 1.165) is 19.3 Å². The molecule has 8 heteroatoms. The van der Waals surface area contributed by atoms with Gasteiger partial charge in [-0.3, -0.25) is 4.79 Å². The number of amides is 1. The quantitative estimate of drug-likeness (QED) is 0.851. The first-order chi connectivity index (χ1) is 9.93. The van der Waals surface area contributed by atoms with Crippen LogP contribution >= 0.6 is 0 Å². The van der Waals surface area contributed by atoms with Crippen LogP contribution in [0.2, 0.25) is 0 Å². The normalized spacial score (nSPS) is 16.2. The van der Waals surface area contributed by atoms with E-state index in [2.05, 4.69) is 0 Å². The topological polar surface area (TPSA) is 94.6 Å². The number of hydrogen-bond acceptors (Lipinski definition) is 4. The van der Waals surface area contributed by atoms with Gasteiger partial charge < -0.3 is 14.2 Å². The number of sulfonamides is 1. The third-order valence-electron chi connectivity index (χ3n) is 3.60. The van der Waals surface area contributed by atoms with E-state index >= 15 is 0 Å². The highest BCUT2D eigenvalue weighted by Gasteiger charge is 2.24. The van der Waals surface area contributed by atoms with Gasteiger partial charge in [0, 0.05) is 32.9 Å². The number of likely N-dealkylation sites (tertiary alicyclic amines) is 1. The van der Waals surface area contributed by atoms with E-state index in [1.165, 1.54) is 12.3 Å². The minimum atomic E-state index is -3.83. The van der Waals surface area contributed by atoms with Gasteiger partial charge in [-0.25, -0.2) is 13.6 Å². The summed E-state index contributed by atoms with van der Waals surface area (Å²) in [6.45, 7) is 2.21. The number of ether oxygens (including phenoxy) is 1. The molecule has 0 unspecified atom stereocenters. The molecule has 2 rings (SSSR count). The van der Waals surface area contributed by atoms with Crippen molar-refractivity contribution in [3.63, 3.8) is 0 Å². The molecule has 1 aromatic rings. The number of hydrogen-bond donors (Lipinski definition) is 1. The molecular formula is C13H21N3O4S. The van der Waals surface area contributed by atoms with Crippen molar-refractivity contribution in [3.05, 3.63) is 18.0 Å². The number of carbonyl (C=O) groups is 1. The first-order valence-corrected chi connectivity index (χ1v) is 8.49. The largest absolute Gasteiger partial charge is 0.383 e. The van der Waals surface area contributed by atoms with Crippen LogP contribution in [-0.4, -0.2) is 50.6 Å². The summed E-state index contributed by atoms with van der Waals surface area (Å²) in [6, 6.07) is 1.35. The molecule has 1 amide bonds. The highest BCUT2D eigenvalue weighted by Crippen LogP contribution is 2.18. The van der Waals surface area contributed by atoms with E-state index in [0.29, 0.717) is 31.9 Å². The highest BCUT2D eigenvalue weighted by molar-refractivity contribution is 7.89. The molecule has 0 spiro atoms. The van der Waals surface area contributed by atoms with Gasteiger partial charge >= 0.3 is 0 Å². The van der Waals surface area contributed by atoms with Gasteiger partial charge in [0.2, 0.25) is 10.0 Å². The summed E-state index contributed by atoms with van der Waals surface area (Å²) in [5, 5.41) is 5.15. The Labute approximate surface area is 124 Å². The van der Waals surface area contributed by atoms with Crippen molar-refractivity contribution in [3.8, 4) is 0 Å². The zero-order valence-electron chi connectivity index (χ0n) is 12.1. The fraction of sp³-hybridized carbons (Fsp3) is 0.615. The average molecular weight is 315 g/mol. The molecule has 0 saturated carbocycles. The van der Waals surface area contributed by atoms with Gasteiger partial charge in [0.25, 0.3) is 5.91 Å². The van der Waals surface area contributed by atoms with Gasteiger partial charge in [-0.15, -0.1) is 0 Å². The lowest BCUT2D eigenvalue weighted by Gasteiger charge is -2.27. The number of nitrogens with two attached hydrogens (primary N) is 1. The zero-order valence-corrected chi connectivity index (χ0v) is 12.9. The Hall–Kier alpha value is -1.38. The molecule has 0 aromatic carbocycles. The molecule has 1 aliphatic heterocycles. The van der Waals surface area contributed by atoms with Crippen molar-refractivity contribution in [2.75, 3.05) is 26.8 Å². The summed E-state index contributed by atoms with van der Waals surface area (Å²) in [4.78, 5) is 14.3. The van der Waals surface area contributed by atoms with Crippen LogP contribution in [0.4, 0.5) is 0 Å². The highest BCUT2D eigenvalue weighted by atomic mass is 32.2. The van der Waals surface area contributed by atoms with Crippen molar-refractivity contribution in [2.45, 2.75) is 30.7 Å². The SMILES string of the molecule is COCCn1cc(S(N)(=O)=O)cc1C(=O)N1CCCCC1. The van der Waals surface area contributed by atoms with Crippen LogP contribution in [0.5, 0.6) is 0 Å². The lowest BCUT2D eigenvalue weighted by molar-refractivity contribution is 0.0711. The number of primary sulfonamides is 1. The molecule has 0 bridgehead atoms. The molecule has 1 fully saturated rings. The number of carbonyl (C=O) groups excluding carboxylic acids is 1. The van der Waals surface area contributed by atoms with E-state index in [9.17, 15) is 13.2 Å². The maximum atomic E-state index is 12.6. The standard InChI is InChI=1S/C13H21N3O4S/c1-20-8-7-16-10-11(21(14,18)19)9-12(16)13(17)15-5-3-2-4-6-15/h9-10H,2-8H2,1H3,(H2,14,18,19). The maximum absolute atomic E-state index is 12.6. The summed E-state index contributed by atoms with van der Waals surface area (Å²) in [5.41, 5.74) is 0.345. The van der Waals surface area contributed by atoms with Crippen molar-refractivity contribution in [1.29, 1.82) is 0 Å². The first-order valence-electron chi connectivity index (χ1n) is 6.94. The Bertz CT molecular complexity index is 603. The van der Waals surface area contributed by atoms with Crippen LogP contribution in [0.25, 0.3) is 0 Å². The van der Waals surface area contributed by atoms with Crippen molar-refractivity contribution in [1.82, 2.24) is 9.47 Å². The molecular weight excluding hydrogens is 294 g/mol. The van der Waals surface area contributed by atoms with Crippen LogP contribution in [0.3, 0.4) is 0 Å². The summed E-state index contributed by atoms with van der Waals surface area (Å²) in [6.07, 6.45) is 4.47. The van der Waals surface area contributed by atoms with Gasteiger partial charge in [-0.1, -0.05) is 0 Å². The van der Waals surface area contributed by atoms with Crippen molar-refractivity contribution in [2.24, 2.45) is 5.14 Å². The van der Waals surface area contributed by atoms with E-state index in [1.807, 2.05) is 0 Å². The molecule has 118 valence electrons. The van der Waals surface area contributed by atoms with E-state index in [1.54, 1.807) is 16.6 Å². The smallest absolute Gasteiger partial charge is 0.270 e. The van der Waals surface area contributed by atoms with Crippen LogP contribution in [0.1, 0.15) is 29.8 Å². The second kappa shape index (κ2) is 6.59. The first kappa shape index (κ1) is 16.0. The predicted octanol–water partition coefficient (Wildman–Crippen LogP) is 0.408. The summed E-state index contributed by atoms with van der Waals surface area (Å²) in [5.74, 6) is -0.152. The van der Waals surface area contributed by atoms with Crippen LogP contribution in [-0.2, 0) is 21.3 Å². The van der Waals surface area contributed by atoms with Crippen molar-refractivity contribution < 1.29 is 17.9 Å². The Morgan fingerprint density at radius 3 is 2.57 bits per heavy atom. The van der Waals surface area contributed by atoms with Gasteiger partial charge in [0.15, 0.2) is 0 Å². The Balaban J connectivity index is 2.30. The van der Waals surface area contributed by atoms with Gasteiger partial charge in [0.05, 0.1) is 6.61 Å². The monoisotopic (exact) mass is 315 g/mol. The average Bonchev–Trinajstić information content (AvgIpc) is 2.89. The zero-order chi connectivity index (χ0) is 15.5. The maximum Gasteiger partial charge on any atom is 0.270 e. The van der Waals surface area contributed by atoms with Crippen molar-refractivity contribution >= 4 is 15.9 Å². The minimum Gasteiger partial charge on any atom is -0.383 e. The fourth-order valence-electron chi connectivity index (χ4n) is 2.45. The lowest BCUT2D eigenvalue weighted by atomic mass is 10.1. The molecule has 0 atom stereocenters. The van der Waals surface area contributed by atoms with E-state index in [4.69, 9.17) is 9.88 Å². The number of methoxy groups -OCH3 is 1. The fourth-order valence-corrected chi connectivity index (χ4v) is 3.00. The van der Waals surface area contributed by atoms with Crippen LogP contribution in [0, 0.1) is 0 Å². The Kier molecular flexibility index (Phi) is 5.02. The molecule has 1 aliphatic rings. The number of piperidine rings is 1. The molecule has 2 N–H and O–H groups in total. The number of aromatic nitrogens is 1.